The Morgan fingerprint density at radius 2 is 2.05 bits per heavy atom. The van der Waals surface area contributed by atoms with Crippen molar-refractivity contribution in [3.8, 4) is 5.75 Å². The van der Waals surface area contributed by atoms with Gasteiger partial charge in [-0.2, -0.15) is 0 Å². The molecule has 2 aromatic rings. The standard InChI is InChI=1S/C16H15ClFNO/c17-12-5-3-6-13(18)11(12)9-14(19)16-8-10-4-1-2-7-15(10)20-16/h1-7,14,16H,8-9,19H2. The first-order valence-corrected chi connectivity index (χ1v) is 6.96. The second-order valence-corrected chi connectivity index (χ2v) is 5.44. The van der Waals surface area contributed by atoms with E-state index in [0.717, 1.165) is 17.7 Å². The molecule has 0 bridgehead atoms. The Hall–Kier alpha value is -1.58. The van der Waals surface area contributed by atoms with Crippen LogP contribution in [0.1, 0.15) is 11.1 Å². The van der Waals surface area contributed by atoms with E-state index in [1.807, 2.05) is 24.3 Å². The normalized spacial score (nSPS) is 18.4. The molecule has 0 saturated heterocycles. The van der Waals surface area contributed by atoms with Crippen molar-refractivity contribution < 1.29 is 9.13 Å². The summed E-state index contributed by atoms with van der Waals surface area (Å²) in [6.45, 7) is 0. The molecule has 2 atom stereocenters. The van der Waals surface area contributed by atoms with Gasteiger partial charge >= 0.3 is 0 Å². The van der Waals surface area contributed by atoms with E-state index in [-0.39, 0.29) is 18.0 Å². The summed E-state index contributed by atoms with van der Waals surface area (Å²) >= 11 is 6.03. The van der Waals surface area contributed by atoms with E-state index in [4.69, 9.17) is 22.1 Å². The molecule has 2 N–H and O–H groups in total. The third-order valence-corrected chi connectivity index (χ3v) is 4.01. The number of hydrogen-bond donors (Lipinski definition) is 1. The van der Waals surface area contributed by atoms with Crippen LogP contribution in [0, 0.1) is 5.82 Å². The van der Waals surface area contributed by atoms with E-state index in [1.165, 1.54) is 6.07 Å². The van der Waals surface area contributed by atoms with Gasteiger partial charge in [0.15, 0.2) is 0 Å². The molecule has 0 aliphatic carbocycles. The first kappa shape index (κ1) is 13.4. The fourth-order valence-electron chi connectivity index (χ4n) is 2.54. The molecule has 0 amide bonds. The lowest BCUT2D eigenvalue weighted by molar-refractivity contribution is 0.197. The zero-order valence-electron chi connectivity index (χ0n) is 10.9. The van der Waals surface area contributed by atoms with Crippen LogP contribution < -0.4 is 10.5 Å². The second kappa shape index (κ2) is 5.43. The third kappa shape index (κ3) is 2.51. The topological polar surface area (TPSA) is 35.2 Å². The lowest BCUT2D eigenvalue weighted by atomic mass is 9.98. The summed E-state index contributed by atoms with van der Waals surface area (Å²) in [5.74, 6) is 0.552. The zero-order valence-corrected chi connectivity index (χ0v) is 11.6. The SMILES string of the molecule is NC(Cc1c(F)cccc1Cl)C1Cc2ccccc2O1. The van der Waals surface area contributed by atoms with Gasteiger partial charge in [-0.25, -0.2) is 4.39 Å². The lowest BCUT2D eigenvalue weighted by Gasteiger charge is -2.20. The first-order chi connectivity index (χ1) is 9.65. The van der Waals surface area contributed by atoms with E-state index in [0.29, 0.717) is 17.0 Å². The summed E-state index contributed by atoms with van der Waals surface area (Å²) in [4.78, 5) is 0. The van der Waals surface area contributed by atoms with Crippen molar-refractivity contribution in [3.05, 3.63) is 64.4 Å². The number of nitrogens with two attached hydrogens (primary N) is 1. The molecule has 2 nitrogen and oxygen atoms in total. The largest absolute Gasteiger partial charge is 0.488 e. The monoisotopic (exact) mass is 291 g/mol. The molecule has 1 heterocycles. The fraction of sp³-hybridized carbons (Fsp3) is 0.250. The molecular weight excluding hydrogens is 277 g/mol. The predicted octanol–water partition coefficient (Wildman–Crippen LogP) is 3.35. The van der Waals surface area contributed by atoms with Crippen molar-refractivity contribution in [3.63, 3.8) is 0 Å². The van der Waals surface area contributed by atoms with Crippen LogP contribution in [0.25, 0.3) is 0 Å². The van der Waals surface area contributed by atoms with Crippen LogP contribution in [-0.4, -0.2) is 12.1 Å². The molecule has 1 aliphatic heterocycles. The van der Waals surface area contributed by atoms with Gasteiger partial charge < -0.3 is 10.5 Å². The van der Waals surface area contributed by atoms with E-state index in [9.17, 15) is 4.39 Å². The van der Waals surface area contributed by atoms with Crippen molar-refractivity contribution in [1.29, 1.82) is 0 Å². The maximum atomic E-state index is 13.8. The van der Waals surface area contributed by atoms with Gasteiger partial charge in [-0.15, -0.1) is 0 Å². The molecule has 0 spiro atoms. The molecule has 0 fully saturated rings. The minimum Gasteiger partial charge on any atom is -0.488 e. The average Bonchev–Trinajstić information content (AvgIpc) is 2.87. The second-order valence-electron chi connectivity index (χ2n) is 5.04. The number of ether oxygens (including phenoxy) is 1. The maximum absolute atomic E-state index is 13.8. The van der Waals surface area contributed by atoms with Gasteiger partial charge in [0, 0.05) is 23.0 Å². The van der Waals surface area contributed by atoms with Gasteiger partial charge in [-0.1, -0.05) is 35.9 Å². The van der Waals surface area contributed by atoms with Gasteiger partial charge in [0.05, 0.1) is 0 Å². The van der Waals surface area contributed by atoms with E-state index in [2.05, 4.69) is 0 Å². The number of fused-ring (bicyclic) bond motifs is 1. The molecule has 0 radical (unpaired) electrons. The minimum absolute atomic E-state index is 0.136. The van der Waals surface area contributed by atoms with Gasteiger partial charge in [0.2, 0.25) is 0 Å². The van der Waals surface area contributed by atoms with E-state index < -0.39 is 0 Å². The number of para-hydroxylation sites is 1. The number of halogens is 2. The predicted molar refractivity (Wildman–Crippen MR) is 77.7 cm³/mol. The summed E-state index contributed by atoms with van der Waals surface area (Å²) in [6, 6.07) is 12.2. The quantitative estimate of drug-likeness (QED) is 0.941. The van der Waals surface area contributed by atoms with Crippen LogP contribution >= 0.6 is 11.6 Å². The molecule has 4 heteroatoms. The van der Waals surface area contributed by atoms with Crippen LogP contribution in [0.4, 0.5) is 4.39 Å². The Kier molecular flexibility index (Phi) is 3.64. The van der Waals surface area contributed by atoms with E-state index >= 15 is 0 Å². The minimum atomic E-state index is -0.316. The summed E-state index contributed by atoms with van der Waals surface area (Å²) in [5.41, 5.74) is 7.78. The summed E-state index contributed by atoms with van der Waals surface area (Å²) < 4.78 is 19.6. The van der Waals surface area contributed by atoms with Crippen LogP contribution in [-0.2, 0) is 12.8 Å². The molecule has 0 saturated carbocycles. The van der Waals surface area contributed by atoms with Crippen molar-refractivity contribution >= 4 is 11.6 Å². The highest BCUT2D eigenvalue weighted by molar-refractivity contribution is 6.31. The molecule has 2 aromatic carbocycles. The van der Waals surface area contributed by atoms with Crippen molar-refractivity contribution in [2.75, 3.05) is 0 Å². The van der Waals surface area contributed by atoms with Crippen LogP contribution in [0.3, 0.4) is 0 Å². The van der Waals surface area contributed by atoms with Crippen molar-refractivity contribution in [2.24, 2.45) is 5.73 Å². The molecule has 1 aliphatic rings. The highest BCUT2D eigenvalue weighted by atomic mass is 35.5. The Morgan fingerprint density at radius 3 is 2.80 bits per heavy atom. The van der Waals surface area contributed by atoms with E-state index in [1.54, 1.807) is 12.1 Å². The zero-order chi connectivity index (χ0) is 14.1. The summed E-state index contributed by atoms with van der Waals surface area (Å²) in [5, 5.41) is 0.413. The smallest absolute Gasteiger partial charge is 0.127 e. The van der Waals surface area contributed by atoms with Gasteiger partial charge in [0.1, 0.15) is 17.7 Å². The molecular formula is C16H15ClFNO. The summed E-state index contributed by atoms with van der Waals surface area (Å²) in [6.07, 6.45) is 0.983. The molecule has 20 heavy (non-hydrogen) atoms. The Bertz CT molecular complexity index is 586. The van der Waals surface area contributed by atoms with Gasteiger partial charge in [0.25, 0.3) is 0 Å². The maximum Gasteiger partial charge on any atom is 0.127 e. The van der Waals surface area contributed by atoms with Gasteiger partial charge in [-0.3, -0.25) is 0 Å². The van der Waals surface area contributed by atoms with Gasteiger partial charge in [-0.05, 0) is 30.2 Å². The highest BCUT2D eigenvalue weighted by Crippen LogP contribution is 2.30. The van der Waals surface area contributed by atoms with Crippen molar-refractivity contribution in [1.82, 2.24) is 0 Å². The molecule has 104 valence electrons. The third-order valence-electron chi connectivity index (χ3n) is 3.65. The lowest BCUT2D eigenvalue weighted by Crippen LogP contribution is -2.39. The fourth-order valence-corrected chi connectivity index (χ4v) is 2.78. The Labute approximate surface area is 122 Å². The average molecular weight is 292 g/mol. The van der Waals surface area contributed by atoms with Crippen LogP contribution in [0.15, 0.2) is 42.5 Å². The highest BCUT2D eigenvalue weighted by Gasteiger charge is 2.28. The van der Waals surface area contributed by atoms with Crippen molar-refractivity contribution in [2.45, 2.75) is 25.0 Å². The molecule has 2 unspecified atom stereocenters. The number of hydrogen-bond acceptors (Lipinski definition) is 2. The van der Waals surface area contributed by atoms with Crippen LogP contribution in [0.5, 0.6) is 5.75 Å². The molecule has 3 rings (SSSR count). The van der Waals surface area contributed by atoms with Crippen LogP contribution in [0.2, 0.25) is 5.02 Å². The Balaban J connectivity index is 1.74. The summed E-state index contributed by atoms with van der Waals surface area (Å²) in [7, 11) is 0. The number of benzene rings is 2. The number of rotatable bonds is 3. The Morgan fingerprint density at radius 1 is 1.25 bits per heavy atom. The molecule has 0 aromatic heterocycles. The first-order valence-electron chi connectivity index (χ1n) is 6.58.